The Bertz CT molecular complexity index is 621. The monoisotopic (exact) mass is 270 g/mol. The van der Waals surface area contributed by atoms with Gasteiger partial charge in [0.05, 0.1) is 13.2 Å². The first kappa shape index (κ1) is 13.0. The zero-order chi connectivity index (χ0) is 14.1. The molecule has 1 N–H and O–H groups in total. The summed E-state index contributed by atoms with van der Waals surface area (Å²) in [4.78, 5) is 0. The highest BCUT2D eigenvalue weighted by Gasteiger charge is 2.29. The molecule has 2 aromatic rings. The van der Waals surface area contributed by atoms with Crippen LogP contribution < -0.4 is 9.47 Å². The third-order valence-corrected chi connectivity index (χ3v) is 3.82. The second-order valence-electron chi connectivity index (χ2n) is 5.12. The van der Waals surface area contributed by atoms with Gasteiger partial charge in [-0.15, -0.1) is 0 Å². The molecule has 0 radical (unpaired) electrons. The van der Waals surface area contributed by atoms with Gasteiger partial charge < -0.3 is 14.6 Å². The maximum Gasteiger partial charge on any atom is 0.129 e. The number of fused-ring (bicyclic) bond motifs is 1. The molecule has 1 unspecified atom stereocenters. The predicted molar refractivity (Wildman–Crippen MR) is 77.1 cm³/mol. The molecular weight excluding hydrogens is 252 g/mol. The van der Waals surface area contributed by atoms with Gasteiger partial charge in [-0.3, -0.25) is 0 Å². The number of hydrogen-bond acceptors (Lipinski definition) is 3. The van der Waals surface area contributed by atoms with Crippen molar-refractivity contribution in [3.63, 3.8) is 0 Å². The number of benzene rings is 2. The summed E-state index contributed by atoms with van der Waals surface area (Å²) in [6, 6.07) is 13.7. The van der Waals surface area contributed by atoms with Crippen LogP contribution in [0.1, 0.15) is 35.3 Å². The van der Waals surface area contributed by atoms with Crippen LogP contribution in [-0.4, -0.2) is 12.2 Å². The van der Waals surface area contributed by atoms with Crippen LogP contribution in [-0.2, 0) is 0 Å². The SMILES string of the molecule is COc1ccc2c(c1)OC(c1ccccc1C)C[C@H]2O. The smallest absolute Gasteiger partial charge is 0.129 e. The molecule has 1 aliphatic rings. The van der Waals surface area contributed by atoms with Crippen LogP contribution in [0.2, 0.25) is 0 Å². The first-order valence-electron chi connectivity index (χ1n) is 6.77. The van der Waals surface area contributed by atoms with Gasteiger partial charge in [0.15, 0.2) is 0 Å². The molecule has 2 atom stereocenters. The maximum absolute atomic E-state index is 10.3. The van der Waals surface area contributed by atoms with Gasteiger partial charge in [-0.25, -0.2) is 0 Å². The highest BCUT2D eigenvalue weighted by molar-refractivity contribution is 5.44. The van der Waals surface area contributed by atoms with Crippen molar-refractivity contribution in [2.75, 3.05) is 7.11 Å². The van der Waals surface area contributed by atoms with Gasteiger partial charge in [0.1, 0.15) is 17.6 Å². The minimum atomic E-state index is -0.505. The highest BCUT2D eigenvalue weighted by atomic mass is 16.5. The van der Waals surface area contributed by atoms with Gasteiger partial charge in [-0.2, -0.15) is 0 Å². The number of aliphatic hydroxyl groups excluding tert-OH is 1. The number of rotatable bonds is 2. The molecular formula is C17H18O3. The summed E-state index contributed by atoms with van der Waals surface area (Å²) in [5.41, 5.74) is 3.13. The molecule has 3 nitrogen and oxygen atoms in total. The van der Waals surface area contributed by atoms with Crippen molar-refractivity contribution in [3.05, 3.63) is 59.2 Å². The van der Waals surface area contributed by atoms with E-state index in [0.717, 1.165) is 16.9 Å². The molecule has 0 aromatic heterocycles. The lowest BCUT2D eigenvalue weighted by Crippen LogP contribution is -2.19. The summed E-state index contributed by atoms with van der Waals surface area (Å²) in [5, 5.41) is 10.3. The minimum Gasteiger partial charge on any atom is -0.497 e. The summed E-state index contributed by atoms with van der Waals surface area (Å²) < 4.78 is 11.3. The Balaban J connectivity index is 1.97. The average molecular weight is 270 g/mol. The molecule has 3 heteroatoms. The Labute approximate surface area is 118 Å². The third-order valence-electron chi connectivity index (χ3n) is 3.82. The molecule has 0 saturated carbocycles. The quantitative estimate of drug-likeness (QED) is 0.906. The molecule has 20 heavy (non-hydrogen) atoms. The first-order valence-corrected chi connectivity index (χ1v) is 6.77. The van der Waals surface area contributed by atoms with E-state index in [4.69, 9.17) is 9.47 Å². The summed E-state index contributed by atoms with van der Waals surface area (Å²) >= 11 is 0. The summed E-state index contributed by atoms with van der Waals surface area (Å²) in [6.45, 7) is 2.06. The largest absolute Gasteiger partial charge is 0.497 e. The van der Waals surface area contributed by atoms with E-state index < -0.39 is 6.10 Å². The number of ether oxygens (including phenoxy) is 2. The first-order chi connectivity index (χ1) is 9.69. The lowest BCUT2D eigenvalue weighted by Gasteiger charge is -2.31. The van der Waals surface area contributed by atoms with Gasteiger partial charge in [0, 0.05) is 18.1 Å². The van der Waals surface area contributed by atoms with Crippen molar-refractivity contribution < 1.29 is 14.6 Å². The van der Waals surface area contributed by atoms with Crippen LogP contribution in [0.25, 0.3) is 0 Å². The predicted octanol–water partition coefficient (Wildman–Crippen LogP) is 3.56. The summed E-state index contributed by atoms with van der Waals surface area (Å²) in [5.74, 6) is 1.44. The molecule has 1 heterocycles. The normalized spacial score (nSPS) is 20.9. The molecule has 0 spiro atoms. The summed E-state index contributed by atoms with van der Waals surface area (Å²) in [7, 11) is 1.62. The van der Waals surface area contributed by atoms with Crippen molar-refractivity contribution >= 4 is 0 Å². The second-order valence-corrected chi connectivity index (χ2v) is 5.12. The van der Waals surface area contributed by atoms with Crippen LogP contribution in [0.3, 0.4) is 0 Å². The fourth-order valence-electron chi connectivity index (χ4n) is 2.69. The zero-order valence-corrected chi connectivity index (χ0v) is 11.7. The number of hydrogen-bond donors (Lipinski definition) is 1. The van der Waals surface area contributed by atoms with E-state index in [0.29, 0.717) is 12.2 Å². The fraction of sp³-hybridized carbons (Fsp3) is 0.294. The van der Waals surface area contributed by atoms with Crippen molar-refractivity contribution in [2.45, 2.75) is 25.6 Å². The summed E-state index contributed by atoms with van der Waals surface area (Å²) in [6.07, 6.45) is -0.0513. The molecule has 2 aromatic carbocycles. The second kappa shape index (κ2) is 5.17. The van der Waals surface area contributed by atoms with E-state index in [2.05, 4.69) is 19.1 Å². The van der Waals surface area contributed by atoms with E-state index in [1.54, 1.807) is 7.11 Å². The standard InChI is InChI=1S/C17H18O3/c1-11-5-3-4-6-13(11)17-10-15(18)14-8-7-12(19-2)9-16(14)20-17/h3-9,15,17-18H,10H2,1-2H3/t15-,17?/m1/s1. The molecule has 0 aliphatic carbocycles. The number of methoxy groups -OCH3 is 1. The van der Waals surface area contributed by atoms with Crippen LogP contribution in [0.4, 0.5) is 0 Å². The molecule has 0 saturated heterocycles. The van der Waals surface area contributed by atoms with Crippen LogP contribution in [0.5, 0.6) is 11.5 Å². The van der Waals surface area contributed by atoms with Crippen LogP contribution in [0.15, 0.2) is 42.5 Å². The maximum atomic E-state index is 10.3. The zero-order valence-electron chi connectivity index (χ0n) is 11.7. The molecule has 3 rings (SSSR count). The molecule has 0 amide bonds. The van der Waals surface area contributed by atoms with E-state index in [-0.39, 0.29) is 6.10 Å². The topological polar surface area (TPSA) is 38.7 Å². The van der Waals surface area contributed by atoms with Crippen molar-refractivity contribution in [1.82, 2.24) is 0 Å². The Morgan fingerprint density at radius 2 is 1.95 bits per heavy atom. The molecule has 1 aliphatic heterocycles. The van der Waals surface area contributed by atoms with Crippen molar-refractivity contribution in [2.24, 2.45) is 0 Å². The Morgan fingerprint density at radius 1 is 1.15 bits per heavy atom. The molecule has 104 valence electrons. The van der Waals surface area contributed by atoms with Gasteiger partial charge in [0.2, 0.25) is 0 Å². The third kappa shape index (κ3) is 2.25. The van der Waals surface area contributed by atoms with Gasteiger partial charge >= 0.3 is 0 Å². The minimum absolute atomic E-state index is 0.120. The Hall–Kier alpha value is -2.00. The molecule has 0 fully saturated rings. The Kier molecular flexibility index (Phi) is 3.36. The van der Waals surface area contributed by atoms with Gasteiger partial charge in [-0.05, 0) is 30.2 Å². The van der Waals surface area contributed by atoms with Crippen molar-refractivity contribution in [1.29, 1.82) is 0 Å². The number of aryl methyl sites for hydroxylation is 1. The highest BCUT2D eigenvalue weighted by Crippen LogP contribution is 2.42. The lowest BCUT2D eigenvalue weighted by molar-refractivity contribution is 0.0652. The fourth-order valence-corrected chi connectivity index (χ4v) is 2.69. The average Bonchev–Trinajstić information content (AvgIpc) is 2.47. The van der Waals surface area contributed by atoms with E-state index in [1.165, 1.54) is 5.56 Å². The van der Waals surface area contributed by atoms with E-state index >= 15 is 0 Å². The van der Waals surface area contributed by atoms with E-state index in [9.17, 15) is 5.11 Å². The van der Waals surface area contributed by atoms with Crippen LogP contribution >= 0.6 is 0 Å². The molecule has 0 bridgehead atoms. The lowest BCUT2D eigenvalue weighted by atomic mass is 9.93. The Morgan fingerprint density at radius 3 is 2.70 bits per heavy atom. The van der Waals surface area contributed by atoms with E-state index in [1.807, 2.05) is 30.3 Å². The van der Waals surface area contributed by atoms with Crippen LogP contribution in [0, 0.1) is 6.92 Å². The van der Waals surface area contributed by atoms with Gasteiger partial charge in [0.25, 0.3) is 0 Å². The number of aliphatic hydroxyl groups is 1. The van der Waals surface area contributed by atoms with Gasteiger partial charge in [-0.1, -0.05) is 24.3 Å². The van der Waals surface area contributed by atoms with Crippen molar-refractivity contribution in [3.8, 4) is 11.5 Å².